The van der Waals surface area contributed by atoms with Crippen LogP contribution in [0.5, 0.6) is 0 Å². The van der Waals surface area contributed by atoms with E-state index < -0.39 is 12.0 Å². The van der Waals surface area contributed by atoms with Crippen LogP contribution >= 0.6 is 22.9 Å². The molecule has 84 valence electrons. The quantitative estimate of drug-likeness (QED) is 0.738. The second-order valence-electron chi connectivity index (χ2n) is 3.16. The maximum Gasteiger partial charge on any atom is 0.320 e. The van der Waals surface area contributed by atoms with Crippen molar-refractivity contribution in [1.29, 1.82) is 0 Å². The number of aliphatic carboxylic acids is 1. The highest BCUT2D eigenvalue weighted by atomic mass is 35.5. The summed E-state index contributed by atoms with van der Waals surface area (Å²) >= 11 is 7.23. The molecule has 2 unspecified atom stereocenters. The van der Waals surface area contributed by atoms with Gasteiger partial charge >= 0.3 is 5.97 Å². The van der Waals surface area contributed by atoms with Crippen LogP contribution < -0.4 is 11.1 Å². The zero-order valence-electron chi connectivity index (χ0n) is 8.24. The summed E-state index contributed by atoms with van der Waals surface area (Å²) in [6.45, 7) is 0. The van der Waals surface area contributed by atoms with Crippen LogP contribution in [0.3, 0.4) is 0 Å². The number of halogens is 1. The molecule has 0 fully saturated rings. The molecular weight excluding hydrogens is 236 g/mol. The lowest BCUT2D eigenvalue weighted by molar-refractivity contribution is -0.138. The highest BCUT2D eigenvalue weighted by molar-refractivity contribution is 7.16. The van der Waals surface area contributed by atoms with Crippen LogP contribution in [0.2, 0.25) is 4.34 Å². The summed E-state index contributed by atoms with van der Waals surface area (Å²) in [6.07, 6.45) is 0.350. The van der Waals surface area contributed by atoms with E-state index in [1.54, 1.807) is 13.1 Å². The van der Waals surface area contributed by atoms with Crippen LogP contribution in [-0.2, 0) is 4.79 Å². The second kappa shape index (κ2) is 5.46. The first-order valence-corrected chi connectivity index (χ1v) is 5.65. The van der Waals surface area contributed by atoms with E-state index >= 15 is 0 Å². The molecule has 6 heteroatoms. The number of carboxylic acid groups (broad SMARTS) is 1. The van der Waals surface area contributed by atoms with Gasteiger partial charge in [-0.25, -0.2) is 0 Å². The molecule has 4 N–H and O–H groups in total. The van der Waals surface area contributed by atoms with Gasteiger partial charge in [-0.05, 0) is 25.6 Å². The maximum absolute atomic E-state index is 10.6. The molecule has 0 radical (unpaired) electrons. The molecule has 1 aromatic heterocycles. The Kier molecular flexibility index (Phi) is 4.53. The van der Waals surface area contributed by atoms with Gasteiger partial charge in [-0.2, -0.15) is 0 Å². The minimum absolute atomic E-state index is 0.0615. The molecule has 15 heavy (non-hydrogen) atoms. The van der Waals surface area contributed by atoms with E-state index in [-0.39, 0.29) is 6.04 Å². The van der Waals surface area contributed by atoms with Gasteiger partial charge in [0.25, 0.3) is 0 Å². The summed E-state index contributed by atoms with van der Waals surface area (Å²) < 4.78 is 0.689. The van der Waals surface area contributed by atoms with Gasteiger partial charge in [0.05, 0.1) is 4.34 Å². The molecule has 0 aliphatic carbocycles. The van der Waals surface area contributed by atoms with E-state index in [0.717, 1.165) is 4.88 Å². The molecule has 0 aliphatic heterocycles. The van der Waals surface area contributed by atoms with Crippen molar-refractivity contribution in [1.82, 2.24) is 5.32 Å². The van der Waals surface area contributed by atoms with Crippen molar-refractivity contribution in [2.75, 3.05) is 7.05 Å². The lowest BCUT2D eigenvalue weighted by atomic mass is 10.1. The van der Waals surface area contributed by atoms with Gasteiger partial charge < -0.3 is 16.2 Å². The monoisotopic (exact) mass is 248 g/mol. The van der Waals surface area contributed by atoms with Gasteiger partial charge in [0.2, 0.25) is 0 Å². The fourth-order valence-corrected chi connectivity index (χ4v) is 2.43. The number of hydrogen-bond acceptors (Lipinski definition) is 4. The predicted molar refractivity (Wildman–Crippen MR) is 61.4 cm³/mol. The Morgan fingerprint density at radius 2 is 2.40 bits per heavy atom. The van der Waals surface area contributed by atoms with Gasteiger partial charge in [-0.3, -0.25) is 4.79 Å². The van der Waals surface area contributed by atoms with Gasteiger partial charge in [-0.1, -0.05) is 11.6 Å². The SMILES string of the molecule is CNC(CC(N)C(=O)O)c1ccc(Cl)s1. The fraction of sp³-hybridized carbons (Fsp3) is 0.444. The summed E-state index contributed by atoms with van der Waals surface area (Å²) in [6, 6.07) is 2.75. The van der Waals surface area contributed by atoms with Gasteiger partial charge in [-0.15, -0.1) is 11.3 Å². The third-order valence-electron chi connectivity index (χ3n) is 2.09. The number of hydrogen-bond donors (Lipinski definition) is 3. The van der Waals surface area contributed by atoms with Crippen LogP contribution in [0, 0.1) is 0 Å². The zero-order valence-corrected chi connectivity index (χ0v) is 9.81. The van der Waals surface area contributed by atoms with Crippen molar-refractivity contribution < 1.29 is 9.90 Å². The normalized spacial score (nSPS) is 14.9. The first-order chi connectivity index (χ1) is 7.04. The molecule has 0 saturated carbocycles. The molecule has 1 heterocycles. The predicted octanol–water partition coefficient (Wildman–Crippen LogP) is 1.46. The molecule has 0 saturated heterocycles. The molecule has 0 spiro atoms. The van der Waals surface area contributed by atoms with Crippen LogP contribution in [0.25, 0.3) is 0 Å². The Labute approximate surface area is 97.0 Å². The minimum Gasteiger partial charge on any atom is -0.480 e. The molecule has 4 nitrogen and oxygen atoms in total. The van der Waals surface area contributed by atoms with E-state index in [0.29, 0.717) is 10.8 Å². The maximum atomic E-state index is 10.6. The van der Waals surface area contributed by atoms with E-state index in [2.05, 4.69) is 5.32 Å². The topological polar surface area (TPSA) is 75.3 Å². The Morgan fingerprint density at radius 3 is 2.80 bits per heavy atom. The fourth-order valence-electron chi connectivity index (χ4n) is 1.25. The Balaban J connectivity index is 2.68. The van der Waals surface area contributed by atoms with Crippen LogP contribution in [-0.4, -0.2) is 24.2 Å². The van der Waals surface area contributed by atoms with Gasteiger partial charge in [0.1, 0.15) is 6.04 Å². The molecule has 1 aromatic rings. The molecule has 0 amide bonds. The first-order valence-electron chi connectivity index (χ1n) is 4.45. The average Bonchev–Trinajstić information content (AvgIpc) is 2.60. The number of nitrogens with two attached hydrogens (primary N) is 1. The van der Waals surface area contributed by atoms with Crippen LogP contribution in [0.1, 0.15) is 17.3 Å². The number of carbonyl (C=O) groups is 1. The van der Waals surface area contributed by atoms with Gasteiger partial charge in [0, 0.05) is 10.9 Å². The smallest absolute Gasteiger partial charge is 0.320 e. The van der Waals surface area contributed by atoms with Crippen molar-refractivity contribution in [2.24, 2.45) is 5.73 Å². The van der Waals surface area contributed by atoms with E-state index in [9.17, 15) is 4.79 Å². The van der Waals surface area contributed by atoms with Crippen molar-refractivity contribution in [3.63, 3.8) is 0 Å². The number of thiophene rings is 1. The van der Waals surface area contributed by atoms with Gasteiger partial charge in [0.15, 0.2) is 0 Å². The molecule has 2 atom stereocenters. The Morgan fingerprint density at radius 1 is 1.73 bits per heavy atom. The number of rotatable bonds is 5. The molecule has 0 aromatic carbocycles. The lowest BCUT2D eigenvalue weighted by Gasteiger charge is -2.16. The number of nitrogens with one attached hydrogen (secondary N) is 1. The standard InChI is InChI=1S/C9H13ClN2O2S/c1-12-6(4-5(11)9(13)14)7-2-3-8(10)15-7/h2-3,5-6,12H,4,11H2,1H3,(H,13,14). The van der Waals surface area contributed by atoms with Crippen molar-refractivity contribution in [3.05, 3.63) is 21.3 Å². The molecule has 0 bridgehead atoms. The zero-order chi connectivity index (χ0) is 11.4. The Bertz CT molecular complexity index is 343. The van der Waals surface area contributed by atoms with Crippen LogP contribution in [0.4, 0.5) is 0 Å². The summed E-state index contributed by atoms with van der Waals surface area (Å²) in [5.74, 6) is -0.988. The molecule has 1 rings (SSSR count). The van der Waals surface area contributed by atoms with Crippen molar-refractivity contribution in [2.45, 2.75) is 18.5 Å². The molecule has 0 aliphatic rings. The van der Waals surface area contributed by atoms with Crippen LogP contribution in [0.15, 0.2) is 12.1 Å². The highest BCUT2D eigenvalue weighted by Crippen LogP contribution is 2.28. The summed E-state index contributed by atoms with van der Waals surface area (Å²) in [5, 5.41) is 11.7. The first kappa shape index (κ1) is 12.4. The van der Waals surface area contributed by atoms with Crippen molar-refractivity contribution >= 4 is 28.9 Å². The van der Waals surface area contributed by atoms with E-state index in [1.807, 2.05) is 6.07 Å². The second-order valence-corrected chi connectivity index (χ2v) is 4.91. The van der Waals surface area contributed by atoms with Crippen molar-refractivity contribution in [3.8, 4) is 0 Å². The average molecular weight is 249 g/mol. The largest absolute Gasteiger partial charge is 0.480 e. The summed E-state index contributed by atoms with van der Waals surface area (Å²) in [4.78, 5) is 11.6. The number of carboxylic acids is 1. The third kappa shape index (κ3) is 3.46. The molecular formula is C9H13ClN2O2S. The lowest BCUT2D eigenvalue weighted by Crippen LogP contribution is -2.34. The highest BCUT2D eigenvalue weighted by Gasteiger charge is 2.19. The Hall–Kier alpha value is -0.620. The van der Waals surface area contributed by atoms with E-state index in [1.165, 1.54) is 11.3 Å². The minimum atomic E-state index is -0.988. The van der Waals surface area contributed by atoms with E-state index in [4.69, 9.17) is 22.4 Å². The third-order valence-corrected chi connectivity index (χ3v) is 3.44. The summed E-state index contributed by atoms with van der Waals surface area (Å²) in [7, 11) is 1.77. The summed E-state index contributed by atoms with van der Waals surface area (Å²) in [5.41, 5.74) is 5.47.